The lowest BCUT2D eigenvalue weighted by molar-refractivity contribution is -0.385. The van der Waals surface area contributed by atoms with E-state index in [0.717, 1.165) is 22.3 Å². The van der Waals surface area contributed by atoms with Crippen molar-refractivity contribution in [2.24, 2.45) is 0 Å². The number of benzene rings is 2. The van der Waals surface area contributed by atoms with Crippen LogP contribution in [0.4, 0.5) is 5.69 Å². The van der Waals surface area contributed by atoms with Crippen LogP contribution in [0.25, 0.3) is 11.1 Å². The molecule has 19 heavy (non-hydrogen) atoms. The molecule has 0 atom stereocenters. The fourth-order valence-electron chi connectivity index (χ4n) is 2.14. The number of nitro groups is 1. The zero-order valence-corrected chi connectivity index (χ0v) is 10.7. The van der Waals surface area contributed by atoms with Crippen LogP contribution in [-0.4, -0.2) is 11.2 Å². The molecule has 0 amide bonds. The van der Waals surface area contributed by atoms with Crippen LogP contribution in [0.1, 0.15) is 21.5 Å². The van der Waals surface area contributed by atoms with E-state index in [1.807, 2.05) is 26.0 Å². The molecule has 0 spiro atoms. The van der Waals surface area contributed by atoms with Gasteiger partial charge >= 0.3 is 0 Å². The molecule has 0 saturated carbocycles. The van der Waals surface area contributed by atoms with Gasteiger partial charge in [0.25, 0.3) is 5.69 Å². The molecule has 0 heterocycles. The van der Waals surface area contributed by atoms with E-state index in [2.05, 4.69) is 6.07 Å². The molecular weight excluding hydrogens is 242 g/mol. The van der Waals surface area contributed by atoms with Gasteiger partial charge in [-0.15, -0.1) is 0 Å². The summed E-state index contributed by atoms with van der Waals surface area (Å²) in [6.45, 7) is 3.98. The smallest absolute Gasteiger partial charge is 0.279 e. The number of rotatable bonds is 3. The average molecular weight is 255 g/mol. The third-order valence-electron chi connectivity index (χ3n) is 2.91. The second-order valence-electron chi connectivity index (χ2n) is 4.52. The molecule has 2 aromatic carbocycles. The minimum absolute atomic E-state index is 0.0988. The molecule has 0 bridgehead atoms. The topological polar surface area (TPSA) is 60.2 Å². The van der Waals surface area contributed by atoms with Crippen LogP contribution >= 0.6 is 0 Å². The maximum atomic E-state index is 10.9. The van der Waals surface area contributed by atoms with Crippen LogP contribution in [0.2, 0.25) is 0 Å². The van der Waals surface area contributed by atoms with Gasteiger partial charge in [-0.05, 0) is 37.1 Å². The lowest BCUT2D eigenvalue weighted by Crippen LogP contribution is -1.95. The zero-order valence-electron chi connectivity index (χ0n) is 10.7. The van der Waals surface area contributed by atoms with Crippen molar-refractivity contribution < 1.29 is 9.72 Å². The Morgan fingerprint density at radius 2 is 1.63 bits per heavy atom. The van der Waals surface area contributed by atoms with Crippen molar-refractivity contribution in [3.63, 3.8) is 0 Å². The quantitative estimate of drug-likeness (QED) is 0.477. The van der Waals surface area contributed by atoms with Crippen molar-refractivity contribution in [3.8, 4) is 11.1 Å². The lowest BCUT2D eigenvalue weighted by atomic mass is 9.99. The Balaban J connectivity index is 2.57. The van der Waals surface area contributed by atoms with Gasteiger partial charge in [0.05, 0.1) is 10.5 Å². The summed E-state index contributed by atoms with van der Waals surface area (Å²) in [4.78, 5) is 21.2. The molecular formula is C15H13NO3. The Morgan fingerprint density at radius 1 is 1.00 bits per heavy atom. The van der Waals surface area contributed by atoms with Gasteiger partial charge in [-0.2, -0.15) is 0 Å². The van der Waals surface area contributed by atoms with E-state index in [0.29, 0.717) is 6.29 Å². The predicted molar refractivity (Wildman–Crippen MR) is 73.4 cm³/mol. The van der Waals surface area contributed by atoms with E-state index >= 15 is 0 Å². The van der Waals surface area contributed by atoms with Crippen molar-refractivity contribution in [1.82, 2.24) is 0 Å². The van der Waals surface area contributed by atoms with Gasteiger partial charge in [-0.3, -0.25) is 14.9 Å². The minimum Gasteiger partial charge on any atom is -0.298 e. The summed E-state index contributed by atoms with van der Waals surface area (Å²) in [5.41, 5.74) is 3.92. The molecule has 96 valence electrons. The number of carbonyl (C=O) groups excluding carboxylic acids is 1. The van der Waals surface area contributed by atoms with Crippen LogP contribution in [0.5, 0.6) is 0 Å². The van der Waals surface area contributed by atoms with Crippen LogP contribution in [-0.2, 0) is 0 Å². The molecule has 0 unspecified atom stereocenters. The highest BCUT2D eigenvalue weighted by atomic mass is 16.6. The Bertz CT molecular complexity index is 642. The van der Waals surface area contributed by atoms with E-state index in [4.69, 9.17) is 0 Å². The Morgan fingerprint density at radius 3 is 2.16 bits per heavy atom. The van der Waals surface area contributed by atoms with Crippen molar-refractivity contribution in [2.75, 3.05) is 0 Å². The first-order valence-electron chi connectivity index (χ1n) is 5.83. The Hall–Kier alpha value is -2.49. The summed E-state index contributed by atoms with van der Waals surface area (Å²) < 4.78 is 0. The van der Waals surface area contributed by atoms with Crippen molar-refractivity contribution in [1.29, 1.82) is 0 Å². The van der Waals surface area contributed by atoms with Gasteiger partial charge in [-0.1, -0.05) is 29.3 Å². The van der Waals surface area contributed by atoms with Crippen molar-refractivity contribution in [2.45, 2.75) is 13.8 Å². The number of aryl methyl sites for hydroxylation is 2. The standard InChI is InChI=1S/C15H13NO3/c1-10-5-11(2)7-13(6-10)12-3-4-15(16(18)19)14(8-12)9-17/h3-9H,1-2H3. The fraction of sp³-hybridized carbons (Fsp3) is 0.133. The molecule has 2 rings (SSSR count). The first kappa shape index (κ1) is 13.0. The summed E-state index contributed by atoms with van der Waals surface area (Å²) in [6, 6.07) is 10.6. The molecule has 4 nitrogen and oxygen atoms in total. The van der Waals surface area contributed by atoms with Gasteiger partial charge in [0.15, 0.2) is 6.29 Å². The van der Waals surface area contributed by atoms with Crippen LogP contribution in [0.3, 0.4) is 0 Å². The van der Waals surface area contributed by atoms with Crippen LogP contribution in [0, 0.1) is 24.0 Å². The van der Waals surface area contributed by atoms with E-state index < -0.39 is 4.92 Å². The van der Waals surface area contributed by atoms with Gasteiger partial charge in [0, 0.05) is 6.07 Å². The molecule has 0 radical (unpaired) electrons. The van der Waals surface area contributed by atoms with Crippen LogP contribution < -0.4 is 0 Å². The van der Waals surface area contributed by atoms with Gasteiger partial charge in [-0.25, -0.2) is 0 Å². The number of nitro benzene ring substituents is 1. The molecule has 4 heteroatoms. The van der Waals surface area contributed by atoms with Gasteiger partial charge < -0.3 is 0 Å². The van der Waals surface area contributed by atoms with Crippen molar-refractivity contribution >= 4 is 12.0 Å². The third kappa shape index (κ3) is 2.68. The van der Waals surface area contributed by atoms with E-state index in [1.54, 1.807) is 12.1 Å². The number of nitrogens with zero attached hydrogens (tertiary/aromatic N) is 1. The zero-order chi connectivity index (χ0) is 14.0. The second-order valence-corrected chi connectivity index (χ2v) is 4.52. The summed E-state index contributed by atoms with van der Waals surface area (Å²) in [6.07, 6.45) is 0.518. The summed E-state index contributed by atoms with van der Waals surface area (Å²) in [5, 5.41) is 10.8. The summed E-state index contributed by atoms with van der Waals surface area (Å²) in [5.74, 6) is 0. The Labute approximate surface area is 110 Å². The molecule has 0 aliphatic rings. The van der Waals surface area contributed by atoms with E-state index in [9.17, 15) is 14.9 Å². The lowest BCUT2D eigenvalue weighted by Gasteiger charge is -2.06. The first-order valence-corrected chi connectivity index (χ1v) is 5.83. The first-order chi connectivity index (χ1) is 9.01. The highest BCUT2D eigenvalue weighted by Crippen LogP contribution is 2.27. The molecule has 0 saturated heterocycles. The third-order valence-corrected chi connectivity index (χ3v) is 2.91. The number of hydrogen-bond acceptors (Lipinski definition) is 3. The van der Waals surface area contributed by atoms with E-state index in [-0.39, 0.29) is 11.3 Å². The largest absolute Gasteiger partial charge is 0.298 e. The number of hydrogen-bond donors (Lipinski definition) is 0. The highest BCUT2D eigenvalue weighted by molar-refractivity contribution is 5.84. The van der Waals surface area contributed by atoms with Crippen molar-refractivity contribution in [3.05, 3.63) is 63.2 Å². The second kappa shape index (κ2) is 5.02. The summed E-state index contributed by atoms with van der Waals surface area (Å²) in [7, 11) is 0. The maximum absolute atomic E-state index is 10.9. The SMILES string of the molecule is Cc1cc(C)cc(-c2ccc([N+](=O)[O-])c(C=O)c2)c1. The Kier molecular flexibility index (Phi) is 3.42. The molecule has 2 aromatic rings. The minimum atomic E-state index is -0.547. The van der Waals surface area contributed by atoms with Crippen LogP contribution in [0.15, 0.2) is 36.4 Å². The normalized spacial score (nSPS) is 10.2. The molecule has 0 fully saturated rings. The molecule has 0 N–H and O–H groups in total. The van der Waals surface area contributed by atoms with E-state index in [1.165, 1.54) is 6.07 Å². The highest BCUT2D eigenvalue weighted by Gasteiger charge is 2.14. The van der Waals surface area contributed by atoms with Gasteiger partial charge in [0.2, 0.25) is 0 Å². The molecule has 0 aliphatic heterocycles. The maximum Gasteiger partial charge on any atom is 0.279 e. The summed E-state index contributed by atoms with van der Waals surface area (Å²) >= 11 is 0. The van der Waals surface area contributed by atoms with Gasteiger partial charge in [0.1, 0.15) is 0 Å². The fourth-order valence-corrected chi connectivity index (χ4v) is 2.14. The predicted octanol–water partition coefficient (Wildman–Crippen LogP) is 3.69. The number of aldehydes is 1. The monoisotopic (exact) mass is 255 g/mol. The molecule has 0 aromatic heterocycles. The molecule has 0 aliphatic carbocycles. The number of carbonyl (C=O) groups is 1. The average Bonchev–Trinajstić information content (AvgIpc) is 2.36.